The average molecular weight is 887 g/mol. The summed E-state index contributed by atoms with van der Waals surface area (Å²) < 4.78 is 5.02. The van der Waals surface area contributed by atoms with Crippen LogP contribution < -0.4 is 5.32 Å². The van der Waals surface area contributed by atoms with Gasteiger partial charge in [-0.1, -0.05) is 177 Å². The number of fused-ring (bicyclic) bond motifs is 7. The van der Waals surface area contributed by atoms with Crippen LogP contribution in [0, 0.1) is 0 Å². The molecule has 0 radical (unpaired) electrons. The van der Waals surface area contributed by atoms with E-state index in [4.69, 9.17) is 15.0 Å². The minimum Gasteiger partial charge on any atom is -0.344 e. The summed E-state index contributed by atoms with van der Waals surface area (Å²) >= 11 is 0. The lowest BCUT2D eigenvalue weighted by molar-refractivity contribution is 0.674. The van der Waals surface area contributed by atoms with Gasteiger partial charge in [-0.2, -0.15) is 0 Å². The predicted molar refractivity (Wildman–Crippen MR) is 284 cm³/mol. The Balaban J connectivity index is 0.898. The van der Waals surface area contributed by atoms with Crippen LogP contribution in [0.1, 0.15) is 47.1 Å². The number of amidine groups is 2. The molecule has 0 fully saturated rings. The number of benzene rings is 8. The Morgan fingerprint density at radius 1 is 0.449 bits per heavy atom. The van der Waals surface area contributed by atoms with Gasteiger partial charge in [0.1, 0.15) is 12.0 Å². The zero-order valence-electron chi connectivity index (χ0n) is 38.0. The molecule has 1 aliphatic heterocycles. The van der Waals surface area contributed by atoms with Gasteiger partial charge in [0.15, 0.2) is 5.84 Å². The van der Waals surface area contributed by atoms with Gasteiger partial charge in [0.05, 0.1) is 22.4 Å². The highest BCUT2D eigenvalue weighted by molar-refractivity contribution is 6.13. The summed E-state index contributed by atoms with van der Waals surface area (Å²) in [6.07, 6.45) is 0.631. The zero-order chi connectivity index (χ0) is 45.8. The lowest BCUT2D eigenvalue weighted by Gasteiger charge is -2.25. The number of rotatable bonds is 8. The Hall–Kier alpha value is -8.87. The quantitative estimate of drug-likeness (QED) is 0.165. The topological polar surface area (TPSA) is 59.5 Å². The van der Waals surface area contributed by atoms with E-state index in [2.05, 4.69) is 228 Å². The zero-order valence-corrected chi connectivity index (χ0v) is 38.0. The van der Waals surface area contributed by atoms with Crippen molar-refractivity contribution in [1.29, 1.82) is 0 Å². The molecule has 0 spiro atoms. The monoisotopic (exact) mass is 886 g/mol. The fourth-order valence-electron chi connectivity index (χ4n) is 10.6. The molecule has 8 aromatic carbocycles. The summed E-state index contributed by atoms with van der Waals surface area (Å²) in [5.41, 5.74) is 19.5. The molecule has 2 aliphatic rings. The van der Waals surface area contributed by atoms with Crippen LogP contribution in [-0.4, -0.2) is 25.8 Å². The van der Waals surface area contributed by atoms with Crippen LogP contribution >= 0.6 is 0 Å². The second-order valence-electron chi connectivity index (χ2n) is 18.1. The molecule has 0 amide bonds. The number of hydrogen-bond donors (Lipinski definition) is 1. The molecule has 13 rings (SSSR count). The maximum absolute atomic E-state index is 5.14. The van der Waals surface area contributed by atoms with E-state index in [-0.39, 0.29) is 12.1 Å². The molecule has 1 N–H and O–H groups in total. The van der Waals surface area contributed by atoms with Crippen molar-refractivity contribution in [2.24, 2.45) is 9.98 Å². The van der Waals surface area contributed by atoms with Gasteiger partial charge in [-0.05, 0) is 83.8 Å². The molecule has 6 nitrogen and oxygen atoms in total. The van der Waals surface area contributed by atoms with Crippen LogP contribution in [0.25, 0.3) is 77.9 Å². The van der Waals surface area contributed by atoms with Crippen molar-refractivity contribution >= 4 is 33.5 Å². The minimum absolute atomic E-state index is 0.232. The van der Waals surface area contributed by atoms with E-state index in [0.717, 1.165) is 79.8 Å². The maximum Gasteiger partial charge on any atom is 0.159 e. The van der Waals surface area contributed by atoms with Crippen molar-refractivity contribution in [3.8, 4) is 56.1 Å². The fourth-order valence-corrected chi connectivity index (χ4v) is 10.6. The number of hydrogen-bond acceptors (Lipinski definition) is 4. The number of para-hydroxylation sites is 2. The molecular weight excluding hydrogens is 841 g/mol. The summed E-state index contributed by atoms with van der Waals surface area (Å²) in [6.45, 7) is 2.39. The molecule has 11 aromatic rings. The van der Waals surface area contributed by atoms with Gasteiger partial charge in [-0.25, -0.2) is 15.0 Å². The first kappa shape index (κ1) is 40.4. The average Bonchev–Trinajstić information content (AvgIpc) is 3.95. The van der Waals surface area contributed by atoms with E-state index < -0.39 is 0 Å². The van der Waals surface area contributed by atoms with Gasteiger partial charge < -0.3 is 14.5 Å². The van der Waals surface area contributed by atoms with Crippen LogP contribution in [0.4, 0.5) is 0 Å². The summed E-state index contributed by atoms with van der Waals surface area (Å²) in [5.74, 6) is 1.75. The van der Waals surface area contributed by atoms with E-state index in [1.165, 1.54) is 44.3 Å². The Labute approximate surface area is 401 Å². The van der Waals surface area contributed by atoms with E-state index in [1.807, 2.05) is 24.3 Å². The summed E-state index contributed by atoms with van der Waals surface area (Å²) in [5, 5.41) is 6.17. The highest BCUT2D eigenvalue weighted by atomic mass is 15.2. The van der Waals surface area contributed by atoms with E-state index >= 15 is 0 Å². The van der Waals surface area contributed by atoms with Crippen molar-refractivity contribution in [2.45, 2.75) is 25.4 Å². The number of nitrogens with one attached hydrogen (secondary N) is 1. The molecule has 0 saturated carbocycles. The first-order valence-corrected chi connectivity index (χ1v) is 23.8. The molecule has 2 unspecified atom stereocenters. The number of aliphatic imine (C=N–C) groups is 2. The molecule has 6 heteroatoms. The molecule has 4 heterocycles. The van der Waals surface area contributed by atoms with Gasteiger partial charge in [-0.3, -0.25) is 0 Å². The van der Waals surface area contributed by atoms with Gasteiger partial charge in [-0.15, -0.1) is 0 Å². The van der Waals surface area contributed by atoms with Crippen LogP contribution in [0.3, 0.4) is 0 Å². The Kier molecular flexibility index (Phi) is 9.83. The summed E-state index contributed by atoms with van der Waals surface area (Å²) in [7, 11) is 0. The largest absolute Gasteiger partial charge is 0.344 e. The summed E-state index contributed by atoms with van der Waals surface area (Å²) in [6, 6.07) is 81.9. The Bertz CT molecular complexity index is 3700. The SMILES string of the molecule is CC1Cc2c(c3ccccc3n2-c2ccc(C3=NC(c4ccccc4)=NC(c4ccccc4)N3)cc2)-c2c1n(-c1ccc(-c3cc(-c4ccccc4)nc(-c4ccccc4)c3)cc1)c1ccccc21. The fraction of sp³-hybridized carbons (Fsp3) is 0.0635. The third-order valence-electron chi connectivity index (χ3n) is 13.8. The second-order valence-corrected chi connectivity index (χ2v) is 18.1. The molecule has 0 bridgehead atoms. The molecule has 1 aliphatic carbocycles. The lowest BCUT2D eigenvalue weighted by Crippen LogP contribution is -2.33. The van der Waals surface area contributed by atoms with Crippen LogP contribution in [0.2, 0.25) is 0 Å². The van der Waals surface area contributed by atoms with Gasteiger partial charge in [0.25, 0.3) is 0 Å². The van der Waals surface area contributed by atoms with Gasteiger partial charge in [0, 0.05) is 72.8 Å². The van der Waals surface area contributed by atoms with E-state index in [0.29, 0.717) is 0 Å². The third kappa shape index (κ3) is 7.08. The standard InChI is InChI=1S/C63H46N6/c1-41-38-57-58(51-26-14-16-28-55(51)68(57)49-36-32-47(33-37-49)63-66-61(45-22-10-4-11-23-45)65-62(67-63)46-24-12-5-13-25-46)59-52-27-15-17-29-56(52)69(60(41)59)50-34-30-42(31-35-50)48-39-53(43-18-6-2-7-19-43)64-54(40-48)44-20-8-3-9-21-44/h2-37,39-41,61H,38H2,1H3,(H,65,66,67). The maximum atomic E-state index is 5.14. The van der Waals surface area contributed by atoms with Crippen molar-refractivity contribution in [3.05, 3.63) is 259 Å². The Morgan fingerprint density at radius 3 is 1.55 bits per heavy atom. The third-order valence-corrected chi connectivity index (χ3v) is 13.8. The normalized spacial score (nSPS) is 15.3. The molecule has 3 aromatic heterocycles. The molecule has 328 valence electrons. The van der Waals surface area contributed by atoms with Gasteiger partial charge >= 0.3 is 0 Å². The van der Waals surface area contributed by atoms with Crippen molar-refractivity contribution in [3.63, 3.8) is 0 Å². The molecule has 69 heavy (non-hydrogen) atoms. The Morgan fingerprint density at radius 2 is 0.942 bits per heavy atom. The highest BCUT2D eigenvalue weighted by Gasteiger charge is 2.34. The molecule has 2 atom stereocenters. The number of pyridine rings is 1. The minimum atomic E-state index is -0.257. The number of aromatic nitrogens is 3. The lowest BCUT2D eigenvalue weighted by atomic mass is 9.85. The highest BCUT2D eigenvalue weighted by Crippen LogP contribution is 2.51. The summed E-state index contributed by atoms with van der Waals surface area (Å²) in [4.78, 5) is 15.3. The number of nitrogens with zero attached hydrogens (tertiary/aromatic N) is 5. The second kappa shape index (κ2) is 16.8. The van der Waals surface area contributed by atoms with Crippen molar-refractivity contribution < 1.29 is 0 Å². The van der Waals surface area contributed by atoms with Crippen LogP contribution in [0.15, 0.2) is 241 Å². The first-order valence-electron chi connectivity index (χ1n) is 23.8. The smallest absolute Gasteiger partial charge is 0.159 e. The van der Waals surface area contributed by atoms with E-state index in [1.54, 1.807) is 0 Å². The first-order chi connectivity index (χ1) is 34.1. The molecule has 0 saturated heterocycles. The van der Waals surface area contributed by atoms with Crippen molar-refractivity contribution in [1.82, 2.24) is 19.4 Å². The van der Waals surface area contributed by atoms with Crippen LogP contribution in [-0.2, 0) is 6.42 Å². The van der Waals surface area contributed by atoms with E-state index in [9.17, 15) is 0 Å². The van der Waals surface area contributed by atoms with Crippen LogP contribution in [0.5, 0.6) is 0 Å². The predicted octanol–water partition coefficient (Wildman–Crippen LogP) is 14.8. The molecular formula is C63H46N6. The van der Waals surface area contributed by atoms with Gasteiger partial charge in [0.2, 0.25) is 0 Å². The van der Waals surface area contributed by atoms with Crippen molar-refractivity contribution in [2.75, 3.05) is 0 Å².